The van der Waals surface area contributed by atoms with Gasteiger partial charge >= 0.3 is 0 Å². The van der Waals surface area contributed by atoms with E-state index in [1.807, 2.05) is 12.1 Å². The predicted molar refractivity (Wildman–Crippen MR) is 38.0 cm³/mol. The number of pyridine rings is 1. The molecule has 0 saturated heterocycles. The van der Waals surface area contributed by atoms with Crippen LogP contribution in [-0.4, -0.2) is 4.98 Å². The Morgan fingerprint density at radius 2 is 2.60 bits per heavy atom. The van der Waals surface area contributed by atoms with Gasteiger partial charge in [-0.2, -0.15) is 0 Å². The van der Waals surface area contributed by atoms with Crippen molar-refractivity contribution < 1.29 is 9.05 Å². The number of hydrogen-bond donors (Lipinski definition) is 0. The lowest BCUT2D eigenvalue weighted by Crippen LogP contribution is -1.98. The molecule has 1 aliphatic rings. The first-order valence-electron chi connectivity index (χ1n) is 2.94. The minimum atomic E-state index is 0.106. The van der Waals surface area contributed by atoms with Crippen LogP contribution >= 0.6 is 9.03 Å². The third kappa shape index (κ3) is 0.981. The minimum Gasteiger partial charge on any atom is -0.432 e. The van der Waals surface area contributed by atoms with Crippen LogP contribution in [0.1, 0.15) is 5.56 Å². The Hall–Kier alpha value is -0.660. The van der Waals surface area contributed by atoms with Gasteiger partial charge in [0.2, 0.25) is 14.9 Å². The van der Waals surface area contributed by atoms with Crippen LogP contribution in [0.3, 0.4) is 0 Å². The molecule has 1 unspecified atom stereocenters. The molecule has 52 valence electrons. The molecular formula is C6H6NO2P. The third-order valence-electron chi connectivity index (χ3n) is 1.27. The fraction of sp³-hybridized carbons (Fsp3) is 0.167. The van der Waals surface area contributed by atoms with E-state index >= 15 is 0 Å². The molecule has 0 aliphatic carbocycles. The molecule has 1 atom stereocenters. The first kappa shape index (κ1) is 6.08. The van der Waals surface area contributed by atoms with Gasteiger partial charge in [-0.25, -0.2) is 4.98 Å². The van der Waals surface area contributed by atoms with Crippen LogP contribution in [0.4, 0.5) is 0 Å². The Morgan fingerprint density at radius 3 is 3.50 bits per heavy atom. The van der Waals surface area contributed by atoms with Crippen molar-refractivity contribution in [2.75, 3.05) is 0 Å². The zero-order valence-corrected chi connectivity index (χ0v) is 6.20. The highest BCUT2D eigenvalue weighted by Gasteiger charge is 2.09. The van der Waals surface area contributed by atoms with Gasteiger partial charge in [-0.15, -0.1) is 0 Å². The second-order valence-corrected chi connectivity index (χ2v) is 2.60. The van der Waals surface area contributed by atoms with Crippen LogP contribution in [-0.2, 0) is 11.1 Å². The highest BCUT2D eigenvalue weighted by Crippen LogP contribution is 2.30. The maximum Gasteiger partial charge on any atom is 0.223 e. The Kier molecular flexibility index (Phi) is 1.53. The van der Waals surface area contributed by atoms with E-state index in [-0.39, 0.29) is 9.03 Å². The number of fused-ring (bicyclic) bond motifs is 1. The average Bonchev–Trinajstić information content (AvgIpc) is 2.05. The fourth-order valence-corrected chi connectivity index (χ4v) is 1.34. The Labute approximate surface area is 60.3 Å². The molecule has 10 heavy (non-hydrogen) atoms. The Morgan fingerprint density at radius 1 is 1.60 bits per heavy atom. The summed E-state index contributed by atoms with van der Waals surface area (Å²) >= 11 is 0. The molecule has 0 bridgehead atoms. The molecular weight excluding hydrogens is 149 g/mol. The van der Waals surface area contributed by atoms with Crippen LogP contribution in [0.2, 0.25) is 0 Å². The molecule has 3 nitrogen and oxygen atoms in total. The van der Waals surface area contributed by atoms with Gasteiger partial charge in [-0.1, -0.05) is 0 Å². The SMILES string of the molecule is c1cnc2c(c1)COPO2. The fourth-order valence-electron chi connectivity index (χ4n) is 0.802. The lowest BCUT2D eigenvalue weighted by atomic mass is 10.3. The average molecular weight is 155 g/mol. The lowest BCUT2D eigenvalue weighted by molar-refractivity contribution is 0.289. The van der Waals surface area contributed by atoms with E-state index in [0.29, 0.717) is 12.5 Å². The summed E-state index contributed by atoms with van der Waals surface area (Å²) in [6.45, 7) is 0.627. The van der Waals surface area contributed by atoms with Crippen LogP contribution < -0.4 is 4.52 Å². The van der Waals surface area contributed by atoms with Gasteiger partial charge < -0.3 is 9.05 Å². The summed E-state index contributed by atoms with van der Waals surface area (Å²) < 4.78 is 10.2. The molecule has 2 heterocycles. The molecule has 1 aromatic heterocycles. The van der Waals surface area contributed by atoms with Gasteiger partial charge in [0.25, 0.3) is 0 Å². The summed E-state index contributed by atoms with van der Waals surface area (Å²) in [5.74, 6) is 0.715. The number of hydrogen-bond acceptors (Lipinski definition) is 3. The quantitative estimate of drug-likeness (QED) is 0.532. The minimum absolute atomic E-state index is 0.106. The molecule has 0 fully saturated rings. The molecule has 0 N–H and O–H groups in total. The van der Waals surface area contributed by atoms with Gasteiger partial charge in [0.1, 0.15) is 0 Å². The summed E-state index contributed by atoms with van der Waals surface area (Å²) in [5, 5.41) is 0. The zero-order chi connectivity index (χ0) is 6.81. The van der Waals surface area contributed by atoms with Gasteiger partial charge in [0, 0.05) is 11.8 Å². The van der Waals surface area contributed by atoms with Gasteiger partial charge in [-0.3, -0.25) is 0 Å². The number of aromatic nitrogens is 1. The molecule has 0 spiro atoms. The van der Waals surface area contributed by atoms with Crippen molar-refractivity contribution in [2.45, 2.75) is 6.61 Å². The van der Waals surface area contributed by atoms with Gasteiger partial charge in [0.05, 0.1) is 6.61 Å². The monoisotopic (exact) mass is 155 g/mol. The highest BCUT2D eigenvalue weighted by atomic mass is 31.1. The largest absolute Gasteiger partial charge is 0.432 e. The highest BCUT2D eigenvalue weighted by molar-refractivity contribution is 7.26. The van der Waals surface area contributed by atoms with E-state index in [1.54, 1.807) is 6.20 Å². The summed E-state index contributed by atoms with van der Waals surface area (Å²) in [5.41, 5.74) is 1.03. The summed E-state index contributed by atoms with van der Waals surface area (Å²) in [6, 6.07) is 3.83. The molecule has 1 aliphatic heterocycles. The molecule has 0 radical (unpaired) electrons. The van der Waals surface area contributed by atoms with Crippen molar-refractivity contribution >= 4 is 9.03 Å². The standard InChI is InChI=1S/C6H6NO2P/c1-2-5-4-8-10-9-6(5)7-3-1/h1-3,10H,4H2. The van der Waals surface area contributed by atoms with Gasteiger partial charge in [0.15, 0.2) is 0 Å². The van der Waals surface area contributed by atoms with Crippen LogP contribution in [0.25, 0.3) is 0 Å². The van der Waals surface area contributed by atoms with E-state index in [2.05, 4.69) is 4.98 Å². The zero-order valence-electron chi connectivity index (χ0n) is 5.20. The van der Waals surface area contributed by atoms with E-state index < -0.39 is 0 Å². The lowest BCUT2D eigenvalue weighted by Gasteiger charge is -2.13. The molecule has 0 amide bonds. The van der Waals surface area contributed by atoms with Crippen molar-refractivity contribution in [1.82, 2.24) is 4.98 Å². The van der Waals surface area contributed by atoms with E-state index in [4.69, 9.17) is 9.05 Å². The summed E-state index contributed by atoms with van der Waals surface area (Å²) in [6.07, 6.45) is 1.72. The van der Waals surface area contributed by atoms with Crippen LogP contribution in [0, 0.1) is 0 Å². The van der Waals surface area contributed by atoms with Crippen molar-refractivity contribution in [2.24, 2.45) is 0 Å². The molecule has 0 aromatic carbocycles. The Balaban J connectivity index is 2.41. The molecule has 2 rings (SSSR count). The van der Waals surface area contributed by atoms with E-state index in [1.165, 1.54) is 0 Å². The maximum atomic E-state index is 5.12. The van der Waals surface area contributed by atoms with E-state index in [9.17, 15) is 0 Å². The summed E-state index contributed by atoms with van der Waals surface area (Å²) in [4.78, 5) is 4.02. The Bertz CT molecular complexity index is 216. The first-order chi connectivity index (χ1) is 4.97. The number of nitrogens with zero attached hydrogens (tertiary/aromatic N) is 1. The smallest absolute Gasteiger partial charge is 0.223 e. The second kappa shape index (κ2) is 2.52. The molecule has 1 aromatic rings. The molecule has 0 saturated carbocycles. The third-order valence-corrected chi connectivity index (χ3v) is 1.81. The van der Waals surface area contributed by atoms with Crippen molar-refractivity contribution in [3.8, 4) is 5.88 Å². The predicted octanol–water partition coefficient (Wildman–Crippen LogP) is 1.50. The van der Waals surface area contributed by atoms with Crippen LogP contribution in [0.5, 0.6) is 5.88 Å². The molecule has 4 heteroatoms. The van der Waals surface area contributed by atoms with Crippen molar-refractivity contribution in [1.29, 1.82) is 0 Å². The topological polar surface area (TPSA) is 31.4 Å². The first-order valence-corrected chi connectivity index (χ1v) is 3.76. The van der Waals surface area contributed by atoms with Crippen molar-refractivity contribution in [3.63, 3.8) is 0 Å². The number of rotatable bonds is 0. The maximum absolute atomic E-state index is 5.12. The normalized spacial score (nSPS) is 18.0. The van der Waals surface area contributed by atoms with Crippen molar-refractivity contribution in [3.05, 3.63) is 23.9 Å². The summed E-state index contributed by atoms with van der Waals surface area (Å²) in [7, 11) is 0.106. The van der Waals surface area contributed by atoms with Gasteiger partial charge in [-0.05, 0) is 12.1 Å². The second-order valence-electron chi connectivity index (χ2n) is 1.94. The van der Waals surface area contributed by atoms with Crippen LogP contribution in [0.15, 0.2) is 18.3 Å². The van der Waals surface area contributed by atoms with E-state index in [0.717, 1.165) is 5.56 Å².